The Morgan fingerprint density at radius 2 is 2.06 bits per heavy atom. The van der Waals surface area contributed by atoms with Crippen LogP contribution in [0.25, 0.3) is 11.4 Å². The Balaban J connectivity index is 2.07. The Morgan fingerprint density at radius 1 is 1.22 bits per heavy atom. The molecule has 92 valence electrons. The maximum Gasteiger partial charge on any atom is 0.161 e. The summed E-state index contributed by atoms with van der Waals surface area (Å²) in [7, 11) is 0. The minimum atomic E-state index is -0.296. The third-order valence-corrected chi connectivity index (χ3v) is 2.97. The number of rotatable bonds is 3. The normalized spacial score (nSPS) is 14.6. The van der Waals surface area contributed by atoms with Crippen molar-refractivity contribution in [1.82, 2.24) is 9.97 Å². The molecule has 3 rings (SSSR count). The number of aromatic nitrogens is 2. The topological polar surface area (TPSA) is 63.8 Å². The van der Waals surface area contributed by atoms with E-state index in [1.807, 2.05) is 6.07 Å². The van der Waals surface area contributed by atoms with Gasteiger partial charge in [-0.25, -0.2) is 20.2 Å². The minimum absolute atomic E-state index is 0.296. The summed E-state index contributed by atoms with van der Waals surface area (Å²) in [5, 5.41) is 0. The minimum Gasteiger partial charge on any atom is -0.308 e. The fourth-order valence-corrected chi connectivity index (χ4v) is 1.88. The van der Waals surface area contributed by atoms with Gasteiger partial charge in [0.1, 0.15) is 11.6 Å². The highest BCUT2D eigenvalue weighted by Gasteiger charge is 2.26. The predicted molar refractivity (Wildman–Crippen MR) is 67.2 cm³/mol. The van der Waals surface area contributed by atoms with Crippen LogP contribution in [-0.2, 0) is 0 Å². The molecule has 1 fully saturated rings. The maximum atomic E-state index is 13.2. The third kappa shape index (κ3) is 2.17. The summed E-state index contributed by atoms with van der Waals surface area (Å²) in [6.07, 6.45) is 2.28. The molecule has 1 heterocycles. The number of hydrogen-bond donors (Lipinski definition) is 2. The molecule has 0 atom stereocenters. The van der Waals surface area contributed by atoms with Gasteiger partial charge in [0, 0.05) is 23.2 Å². The Hall–Kier alpha value is -2.01. The first-order valence-electron chi connectivity index (χ1n) is 5.88. The fourth-order valence-electron chi connectivity index (χ4n) is 1.88. The smallest absolute Gasteiger partial charge is 0.161 e. The molecule has 0 aliphatic heterocycles. The fraction of sp³-hybridized carbons (Fsp3) is 0.231. The van der Waals surface area contributed by atoms with Crippen molar-refractivity contribution in [2.24, 2.45) is 5.84 Å². The second-order valence-corrected chi connectivity index (χ2v) is 4.43. The molecular formula is C13H13FN4. The lowest BCUT2D eigenvalue weighted by Gasteiger charge is -2.07. The first kappa shape index (κ1) is 11.1. The van der Waals surface area contributed by atoms with E-state index >= 15 is 0 Å². The molecular weight excluding hydrogens is 231 g/mol. The number of halogens is 1. The molecule has 4 nitrogen and oxygen atoms in total. The van der Waals surface area contributed by atoms with Crippen LogP contribution in [0.15, 0.2) is 30.3 Å². The molecule has 3 N–H and O–H groups in total. The maximum absolute atomic E-state index is 13.2. The Kier molecular flexibility index (Phi) is 2.68. The molecule has 0 saturated heterocycles. The van der Waals surface area contributed by atoms with Gasteiger partial charge in [-0.1, -0.05) is 12.1 Å². The lowest BCUT2D eigenvalue weighted by atomic mass is 10.2. The van der Waals surface area contributed by atoms with Crippen molar-refractivity contribution in [3.8, 4) is 11.4 Å². The lowest BCUT2D eigenvalue weighted by Crippen LogP contribution is -2.10. The van der Waals surface area contributed by atoms with Crippen LogP contribution < -0.4 is 11.3 Å². The predicted octanol–water partition coefficient (Wildman–Crippen LogP) is 2.45. The Bertz CT molecular complexity index is 581. The second kappa shape index (κ2) is 4.34. The zero-order valence-electron chi connectivity index (χ0n) is 9.73. The van der Waals surface area contributed by atoms with E-state index < -0.39 is 0 Å². The summed E-state index contributed by atoms with van der Waals surface area (Å²) < 4.78 is 13.2. The molecule has 0 bridgehead atoms. The molecule has 1 saturated carbocycles. The van der Waals surface area contributed by atoms with Gasteiger partial charge >= 0.3 is 0 Å². The number of nitrogen functional groups attached to an aromatic ring is 1. The van der Waals surface area contributed by atoms with Crippen LogP contribution in [0.4, 0.5) is 10.2 Å². The van der Waals surface area contributed by atoms with Gasteiger partial charge in [-0.2, -0.15) is 0 Å². The highest BCUT2D eigenvalue weighted by atomic mass is 19.1. The average Bonchev–Trinajstić information content (AvgIpc) is 3.22. The number of nitrogens with one attached hydrogen (secondary N) is 1. The van der Waals surface area contributed by atoms with Gasteiger partial charge in [0.05, 0.1) is 0 Å². The van der Waals surface area contributed by atoms with E-state index in [2.05, 4.69) is 15.4 Å². The molecule has 0 radical (unpaired) electrons. The van der Waals surface area contributed by atoms with Crippen LogP contribution in [0.2, 0.25) is 0 Å². The highest BCUT2D eigenvalue weighted by molar-refractivity contribution is 5.57. The first-order chi connectivity index (χ1) is 8.76. The molecule has 1 aliphatic carbocycles. The molecule has 1 aromatic heterocycles. The van der Waals surface area contributed by atoms with Crippen molar-refractivity contribution in [2.75, 3.05) is 5.43 Å². The summed E-state index contributed by atoms with van der Waals surface area (Å²) in [6.45, 7) is 0. The zero-order chi connectivity index (χ0) is 12.5. The van der Waals surface area contributed by atoms with Crippen molar-refractivity contribution < 1.29 is 4.39 Å². The standard InChI is InChI=1S/C13H13FN4/c14-10-3-1-2-9(6-10)13-16-11(8-4-5-8)7-12(17-13)18-15/h1-3,6-8H,4-5,15H2,(H,16,17,18). The van der Waals surface area contributed by atoms with Crippen molar-refractivity contribution in [3.05, 3.63) is 41.8 Å². The molecule has 1 aliphatic rings. The number of benzene rings is 1. The molecule has 0 spiro atoms. The van der Waals surface area contributed by atoms with Crippen LogP contribution in [0.3, 0.4) is 0 Å². The van der Waals surface area contributed by atoms with E-state index in [0.717, 1.165) is 18.5 Å². The third-order valence-electron chi connectivity index (χ3n) is 2.97. The number of nitrogens with zero attached hydrogens (tertiary/aromatic N) is 2. The van der Waals surface area contributed by atoms with Crippen molar-refractivity contribution >= 4 is 5.82 Å². The molecule has 0 unspecified atom stereocenters. The van der Waals surface area contributed by atoms with Crippen LogP contribution in [0.1, 0.15) is 24.5 Å². The number of anilines is 1. The average molecular weight is 244 g/mol. The monoisotopic (exact) mass is 244 g/mol. The van der Waals surface area contributed by atoms with Crippen LogP contribution >= 0.6 is 0 Å². The number of hydrazine groups is 1. The summed E-state index contributed by atoms with van der Waals surface area (Å²) in [5.41, 5.74) is 4.16. The molecule has 1 aromatic carbocycles. The van der Waals surface area contributed by atoms with Gasteiger partial charge < -0.3 is 5.43 Å². The van der Waals surface area contributed by atoms with Crippen LogP contribution in [-0.4, -0.2) is 9.97 Å². The molecule has 0 amide bonds. The number of nitrogens with two attached hydrogens (primary N) is 1. The van der Waals surface area contributed by atoms with E-state index in [-0.39, 0.29) is 5.82 Å². The Labute approximate surface area is 104 Å². The van der Waals surface area contributed by atoms with E-state index in [1.165, 1.54) is 12.1 Å². The van der Waals surface area contributed by atoms with Crippen molar-refractivity contribution in [2.45, 2.75) is 18.8 Å². The SMILES string of the molecule is NNc1cc(C2CC2)nc(-c2cccc(F)c2)n1. The second-order valence-electron chi connectivity index (χ2n) is 4.43. The molecule has 2 aromatic rings. The summed E-state index contributed by atoms with van der Waals surface area (Å²) in [6, 6.07) is 8.10. The molecule has 18 heavy (non-hydrogen) atoms. The summed E-state index contributed by atoms with van der Waals surface area (Å²) >= 11 is 0. The molecule has 5 heteroatoms. The lowest BCUT2D eigenvalue weighted by molar-refractivity contribution is 0.628. The van der Waals surface area contributed by atoms with E-state index in [9.17, 15) is 4.39 Å². The first-order valence-corrected chi connectivity index (χ1v) is 5.88. The van der Waals surface area contributed by atoms with Gasteiger partial charge in [-0.3, -0.25) is 0 Å². The van der Waals surface area contributed by atoms with Gasteiger partial charge in [0.2, 0.25) is 0 Å². The summed E-state index contributed by atoms with van der Waals surface area (Å²) in [5.74, 6) is 6.67. The summed E-state index contributed by atoms with van der Waals surface area (Å²) in [4.78, 5) is 8.74. The zero-order valence-corrected chi connectivity index (χ0v) is 9.73. The Morgan fingerprint density at radius 3 is 2.72 bits per heavy atom. The van der Waals surface area contributed by atoms with E-state index in [4.69, 9.17) is 5.84 Å². The van der Waals surface area contributed by atoms with Crippen LogP contribution in [0.5, 0.6) is 0 Å². The van der Waals surface area contributed by atoms with Gasteiger partial charge in [-0.15, -0.1) is 0 Å². The largest absolute Gasteiger partial charge is 0.308 e. The van der Waals surface area contributed by atoms with Gasteiger partial charge in [-0.05, 0) is 25.0 Å². The van der Waals surface area contributed by atoms with Gasteiger partial charge in [0.25, 0.3) is 0 Å². The van der Waals surface area contributed by atoms with Crippen molar-refractivity contribution in [1.29, 1.82) is 0 Å². The van der Waals surface area contributed by atoms with Gasteiger partial charge in [0.15, 0.2) is 5.82 Å². The van der Waals surface area contributed by atoms with E-state index in [1.54, 1.807) is 12.1 Å². The van der Waals surface area contributed by atoms with Crippen LogP contribution in [0, 0.1) is 5.82 Å². The quantitative estimate of drug-likeness (QED) is 0.643. The van der Waals surface area contributed by atoms with E-state index in [0.29, 0.717) is 23.1 Å². The highest BCUT2D eigenvalue weighted by Crippen LogP contribution is 2.40. The number of hydrogen-bond acceptors (Lipinski definition) is 4. The van der Waals surface area contributed by atoms with Crippen molar-refractivity contribution in [3.63, 3.8) is 0 Å².